The van der Waals surface area contributed by atoms with E-state index in [4.69, 9.17) is 10.5 Å². The van der Waals surface area contributed by atoms with Crippen molar-refractivity contribution in [2.24, 2.45) is 11.7 Å². The number of esters is 1. The zero-order valence-corrected chi connectivity index (χ0v) is 8.61. The molecule has 14 heavy (non-hydrogen) atoms. The molecule has 2 N–H and O–H groups in total. The lowest BCUT2D eigenvalue weighted by Crippen LogP contribution is -2.47. The first-order chi connectivity index (χ1) is 6.74. The normalized spacial score (nSPS) is 29.4. The molecule has 2 unspecified atom stereocenters. The fourth-order valence-electron chi connectivity index (χ4n) is 2.26. The molecule has 0 aromatic heterocycles. The smallest absolute Gasteiger partial charge is 0.323 e. The molecular weight excluding hydrogens is 180 g/mol. The summed E-state index contributed by atoms with van der Waals surface area (Å²) in [6.07, 6.45) is 3.33. The molecule has 0 aromatic rings. The minimum atomic E-state index is -0.0772. The Hall–Kier alpha value is -0.610. The predicted molar refractivity (Wildman–Crippen MR) is 52.7 cm³/mol. The van der Waals surface area contributed by atoms with Gasteiger partial charge in [-0.05, 0) is 25.8 Å². The lowest BCUT2D eigenvalue weighted by Gasteiger charge is -2.30. The summed E-state index contributed by atoms with van der Waals surface area (Å²) in [6, 6.07) is 0.315. The van der Waals surface area contributed by atoms with Crippen LogP contribution in [0.3, 0.4) is 0 Å². The van der Waals surface area contributed by atoms with Crippen molar-refractivity contribution < 1.29 is 9.53 Å². The number of nitrogens with zero attached hydrogens (tertiary/aromatic N) is 1. The molecule has 1 saturated heterocycles. The van der Waals surface area contributed by atoms with Gasteiger partial charge in [-0.1, -0.05) is 0 Å². The molecule has 2 aliphatic rings. The number of carbonyl (C=O) groups is 1. The van der Waals surface area contributed by atoms with Crippen molar-refractivity contribution in [1.29, 1.82) is 0 Å². The molecule has 2 fully saturated rings. The van der Waals surface area contributed by atoms with E-state index in [-0.39, 0.29) is 12.0 Å². The molecule has 0 spiro atoms. The predicted octanol–water partition coefficient (Wildman–Crippen LogP) is -0.0290. The highest BCUT2D eigenvalue weighted by Crippen LogP contribution is 2.35. The highest BCUT2D eigenvalue weighted by molar-refractivity contribution is 5.77. The van der Waals surface area contributed by atoms with E-state index in [1.165, 1.54) is 12.8 Å². The summed E-state index contributed by atoms with van der Waals surface area (Å²) in [7, 11) is 1.99. The van der Waals surface area contributed by atoms with E-state index < -0.39 is 0 Å². The van der Waals surface area contributed by atoms with E-state index in [1.807, 2.05) is 7.05 Å². The Kier molecular flexibility index (Phi) is 2.74. The first-order valence-corrected chi connectivity index (χ1v) is 5.32. The van der Waals surface area contributed by atoms with Crippen LogP contribution in [0.2, 0.25) is 0 Å². The molecule has 2 atom stereocenters. The van der Waals surface area contributed by atoms with Crippen LogP contribution in [0.4, 0.5) is 0 Å². The highest BCUT2D eigenvalue weighted by atomic mass is 16.5. The maximum absolute atomic E-state index is 11.4. The fraction of sp³-hybridized carbons (Fsp3) is 0.900. The van der Waals surface area contributed by atoms with Gasteiger partial charge in [0.2, 0.25) is 0 Å². The average Bonchev–Trinajstić information content (AvgIpc) is 2.90. The Morgan fingerprint density at radius 3 is 2.71 bits per heavy atom. The van der Waals surface area contributed by atoms with Crippen LogP contribution in [0.5, 0.6) is 0 Å². The van der Waals surface area contributed by atoms with Crippen molar-refractivity contribution >= 4 is 5.97 Å². The van der Waals surface area contributed by atoms with E-state index >= 15 is 0 Å². The van der Waals surface area contributed by atoms with Gasteiger partial charge in [0.15, 0.2) is 0 Å². The van der Waals surface area contributed by atoms with Crippen molar-refractivity contribution in [3.8, 4) is 0 Å². The Morgan fingerprint density at radius 2 is 2.29 bits per heavy atom. The van der Waals surface area contributed by atoms with Gasteiger partial charge in [-0.2, -0.15) is 0 Å². The third-order valence-electron chi connectivity index (χ3n) is 3.33. The fourth-order valence-corrected chi connectivity index (χ4v) is 2.26. The zero-order valence-electron chi connectivity index (χ0n) is 8.61. The standard InChI is InChI=1S/C10H18N2O2/c1-12(8-4-5-14-10(8)13)9(6-11)7-2-3-7/h7-9H,2-6,11H2,1H3. The van der Waals surface area contributed by atoms with Gasteiger partial charge in [0, 0.05) is 19.0 Å². The number of ether oxygens (including phenoxy) is 1. The van der Waals surface area contributed by atoms with E-state index in [0.29, 0.717) is 25.1 Å². The largest absolute Gasteiger partial charge is 0.464 e. The number of hydrogen-bond acceptors (Lipinski definition) is 4. The van der Waals surface area contributed by atoms with Gasteiger partial charge in [-0.25, -0.2) is 0 Å². The Bertz CT molecular complexity index is 228. The topological polar surface area (TPSA) is 55.6 Å². The van der Waals surface area contributed by atoms with Crippen LogP contribution >= 0.6 is 0 Å². The van der Waals surface area contributed by atoms with Crippen LogP contribution in [-0.4, -0.2) is 43.2 Å². The molecule has 4 heteroatoms. The minimum Gasteiger partial charge on any atom is -0.464 e. The number of likely N-dealkylation sites (N-methyl/N-ethyl adjacent to an activating group) is 1. The Morgan fingerprint density at radius 1 is 1.57 bits per heavy atom. The third kappa shape index (κ3) is 1.77. The van der Waals surface area contributed by atoms with E-state index in [9.17, 15) is 4.79 Å². The molecule has 0 radical (unpaired) electrons. The van der Waals surface area contributed by atoms with Crippen molar-refractivity contribution in [3.63, 3.8) is 0 Å². The van der Waals surface area contributed by atoms with Gasteiger partial charge < -0.3 is 10.5 Å². The monoisotopic (exact) mass is 198 g/mol. The molecule has 1 aliphatic heterocycles. The maximum Gasteiger partial charge on any atom is 0.323 e. The van der Waals surface area contributed by atoms with Crippen molar-refractivity contribution in [3.05, 3.63) is 0 Å². The summed E-state index contributed by atoms with van der Waals surface area (Å²) < 4.78 is 4.96. The van der Waals surface area contributed by atoms with Crippen LogP contribution < -0.4 is 5.73 Å². The molecule has 0 amide bonds. The molecular formula is C10H18N2O2. The number of carbonyl (C=O) groups excluding carboxylic acids is 1. The first kappa shape index (κ1) is 9.93. The molecule has 2 rings (SSSR count). The Balaban J connectivity index is 1.97. The second-order valence-corrected chi connectivity index (χ2v) is 4.28. The summed E-state index contributed by atoms with van der Waals surface area (Å²) >= 11 is 0. The van der Waals surface area contributed by atoms with Crippen LogP contribution in [0.25, 0.3) is 0 Å². The second-order valence-electron chi connectivity index (χ2n) is 4.28. The average molecular weight is 198 g/mol. The molecule has 1 saturated carbocycles. The van der Waals surface area contributed by atoms with E-state index in [0.717, 1.165) is 6.42 Å². The Labute approximate surface area is 84.4 Å². The van der Waals surface area contributed by atoms with E-state index in [1.54, 1.807) is 0 Å². The van der Waals surface area contributed by atoms with Gasteiger partial charge in [0.1, 0.15) is 6.04 Å². The zero-order chi connectivity index (χ0) is 10.1. The van der Waals surface area contributed by atoms with Gasteiger partial charge in [0.25, 0.3) is 0 Å². The summed E-state index contributed by atoms with van der Waals surface area (Å²) in [5.41, 5.74) is 5.73. The number of rotatable bonds is 4. The first-order valence-electron chi connectivity index (χ1n) is 5.32. The van der Waals surface area contributed by atoms with Crippen molar-refractivity contribution in [1.82, 2.24) is 4.90 Å². The molecule has 0 aromatic carbocycles. The van der Waals surface area contributed by atoms with Crippen LogP contribution in [0.1, 0.15) is 19.3 Å². The molecule has 4 nitrogen and oxygen atoms in total. The van der Waals surface area contributed by atoms with Crippen molar-refractivity contribution in [2.45, 2.75) is 31.3 Å². The second kappa shape index (κ2) is 3.87. The van der Waals surface area contributed by atoms with Gasteiger partial charge in [-0.15, -0.1) is 0 Å². The van der Waals surface area contributed by atoms with Crippen molar-refractivity contribution in [2.75, 3.05) is 20.2 Å². The lowest BCUT2D eigenvalue weighted by atomic mass is 10.1. The quantitative estimate of drug-likeness (QED) is 0.645. The van der Waals surface area contributed by atoms with Gasteiger partial charge in [0.05, 0.1) is 6.61 Å². The summed E-state index contributed by atoms with van der Waals surface area (Å²) in [5, 5.41) is 0. The number of nitrogens with two attached hydrogens (primary N) is 1. The highest BCUT2D eigenvalue weighted by Gasteiger charge is 2.39. The number of cyclic esters (lactones) is 1. The van der Waals surface area contributed by atoms with Gasteiger partial charge in [-0.3, -0.25) is 9.69 Å². The van der Waals surface area contributed by atoms with Gasteiger partial charge >= 0.3 is 5.97 Å². The minimum absolute atomic E-state index is 0.0517. The summed E-state index contributed by atoms with van der Waals surface area (Å²) in [6.45, 7) is 1.21. The maximum atomic E-state index is 11.4. The lowest BCUT2D eigenvalue weighted by molar-refractivity contribution is -0.142. The molecule has 80 valence electrons. The van der Waals surface area contributed by atoms with Crippen LogP contribution in [0, 0.1) is 5.92 Å². The molecule has 1 aliphatic carbocycles. The summed E-state index contributed by atoms with van der Waals surface area (Å²) in [5.74, 6) is 0.630. The molecule has 0 bridgehead atoms. The van der Waals surface area contributed by atoms with E-state index in [2.05, 4.69) is 4.90 Å². The van der Waals surface area contributed by atoms with Crippen LogP contribution in [0.15, 0.2) is 0 Å². The number of hydrogen-bond donors (Lipinski definition) is 1. The summed E-state index contributed by atoms with van der Waals surface area (Å²) in [4.78, 5) is 13.5. The SMILES string of the molecule is CN(C1CCOC1=O)C(CN)C1CC1. The van der Waals surface area contributed by atoms with Crippen LogP contribution in [-0.2, 0) is 9.53 Å². The third-order valence-corrected chi connectivity index (χ3v) is 3.33. The molecule has 1 heterocycles.